The smallest absolute Gasteiger partial charge is 0.213 e. The number of nitrogens with one attached hydrogen (secondary N) is 1. The van der Waals surface area contributed by atoms with Crippen molar-refractivity contribution in [3.8, 4) is 11.6 Å². The second-order valence-electron chi connectivity index (χ2n) is 8.91. The second kappa shape index (κ2) is 10.0. The van der Waals surface area contributed by atoms with Crippen LogP contribution in [-0.2, 0) is 0 Å². The Morgan fingerprint density at radius 2 is 2.18 bits per heavy atom. The van der Waals surface area contributed by atoms with E-state index in [2.05, 4.69) is 20.2 Å². The molecule has 6 nitrogen and oxygen atoms in total. The van der Waals surface area contributed by atoms with Crippen LogP contribution >= 0.6 is 0 Å². The van der Waals surface area contributed by atoms with Gasteiger partial charge in [0.25, 0.3) is 0 Å². The average molecular weight is 467 g/mol. The summed E-state index contributed by atoms with van der Waals surface area (Å²) in [5.74, 6) is 1.34. The first-order valence-electron chi connectivity index (χ1n) is 11.6. The molecule has 3 aromatic rings. The third-order valence-electron chi connectivity index (χ3n) is 6.55. The lowest BCUT2D eigenvalue weighted by molar-refractivity contribution is 0.261. The SMILES string of the molecule is COc1ccc2ncc3c(c2n1)[C@@H](CN1CC[C@@H](CNC/C=C/c2cc(F)ccc2F)C1)CO3. The topological polar surface area (TPSA) is 59.5 Å². The number of likely N-dealkylation sites (tertiary alicyclic amines) is 1. The van der Waals surface area contributed by atoms with Crippen molar-refractivity contribution >= 4 is 17.1 Å². The summed E-state index contributed by atoms with van der Waals surface area (Å²) in [6.45, 7) is 5.11. The molecule has 0 amide bonds. The number of hydrogen-bond donors (Lipinski definition) is 1. The van der Waals surface area contributed by atoms with Crippen LogP contribution in [0.4, 0.5) is 8.78 Å². The lowest BCUT2D eigenvalue weighted by Gasteiger charge is -2.20. The van der Waals surface area contributed by atoms with E-state index in [0.29, 0.717) is 24.9 Å². The Hall–Kier alpha value is -3.10. The Labute approximate surface area is 197 Å². The number of rotatable bonds is 8. The number of fused-ring (bicyclic) bond motifs is 3. The van der Waals surface area contributed by atoms with Crippen LogP contribution in [0.25, 0.3) is 17.1 Å². The molecule has 0 radical (unpaired) electrons. The van der Waals surface area contributed by atoms with Crippen LogP contribution in [0.2, 0.25) is 0 Å². The zero-order chi connectivity index (χ0) is 23.5. The number of hydrogen-bond acceptors (Lipinski definition) is 6. The van der Waals surface area contributed by atoms with Gasteiger partial charge in [-0.1, -0.05) is 12.2 Å². The number of ether oxygens (including phenoxy) is 2. The number of aromatic nitrogens is 2. The van der Waals surface area contributed by atoms with Gasteiger partial charge >= 0.3 is 0 Å². The predicted octanol–water partition coefficient (Wildman–Crippen LogP) is 4.02. The molecule has 8 heteroatoms. The summed E-state index contributed by atoms with van der Waals surface area (Å²) in [6.07, 6.45) is 6.37. The standard InChI is InChI=1S/C26H28F2N4O2/c1-33-24-7-6-22-26(31-24)25-19(16-34-23(25)13-30-22)15-32-10-8-17(14-32)12-29-9-2-3-18-11-20(27)4-5-21(18)28/h2-7,11,13,17,19,29H,8-10,12,14-16H2,1H3/b3-2+/t17-,19-/m0/s1. The summed E-state index contributed by atoms with van der Waals surface area (Å²) in [5, 5.41) is 3.41. The van der Waals surface area contributed by atoms with Gasteiger partial charge in [0.1, 0.15) is 22.9 Å². The van der Waals surface area contributed by atoms with Crippen LogP contribution in [-0.4, -0.2) is 61.3 Å². The molecule has 2 aliphatic rings. The number of methoxy groups -OCH3 is 1. The molecule has 1 fully saturated rings. The van der Waals surface area contributed by atoms with E-state index in [1.807, 2.05) is 18.2 Å². The minimum absolute atomic E-state index is 0.246. The first kappa shape index (κ1) is 22.7. The Morgan fingerprint density at radius 3 is 3.06 bits per heavy atom. The molecular weight excluding hydrogens is 438 g/mol. The van der Waals surface area contributed by atoms with E-state index in [1.54, 1.807) is 19.4 Å². The Balaban J connectivity index is 1.14. The summed E-state index contributed by atoms with van der Waals surface area (Å²) in [5.41, 5.74) is 3.10. The predicted molar refractivity (Wildman–Crippen MR) is 127 cm³/mol. The van der Waals surface area contributed by atoms with Crippen molar-refractivity contribution in [2.45, 2.75) is 12.3 Å². The Kier molecular flexibility index (Phi) is 6.69. The number of benzene rings is 1. The van der Waals surface area contributed by atoms with E-state index in [1.165, 1.54) is 6.07 Å². The van der Waals surface area contributed by atoms with Crippen LogP contribution in [0, 0.1) is 17.6 Å². The van der Waals surface area contributed by atoms with Gasteiger partial charge in [0, 0.05) is 42.7 Å². The molecule has 178 valence electrons. The molecule has 2 aromatic heterocycles. The maximum Gasteiger partial charge on any atom is 0.213 e. The van der Waals surface area contributed by atoms with Gasteiger partial charge in [-0.3, -0.25) is 4.98 Å². The quantitative estimate of drug-likeness (QED) is 0.506. The molecule has 34 heavy (non-hydrogen) atoms. The van der Waals surface area contributed by atoms with Crippen molar-refractivity contribution < 1.29 is 18.3 Å². The van der Waals surface area contributed by atoms with Crippen LogP contribution < -0.4 is 14.8 Å². The van der Waals surface area contributed by atoms with Crippen LogP contribution in [0.5, 0.6) is 11.6 Å². The van der Waals surface area contributed by atoms with Gasteiger partial charge in [-0.15, -0.1) is 0 Å². The molecule has 4 heterocycles. The van der Waals surface area contributed by atoms with Gasteiger partial charge in [-0.2, -0.15) is 0 Å². The van der Waals surface area contributed by atoms with Crippen LogP contribution in [0.15, 0.2) is 42.6 Å². The van der Waals surface area contributed by atoms with E-state index in [9.17, 15) is 8.78 Å². The molecule has 0 saturated carbocycles. The fourth-order valence-corrected chi connectivity index (χ4v) is 4.85. The average Bonchev–Trinajstić information content (AvgIpc) is 3.48. The summed E-state index contributed by atoms with van der Waals surface area (Å²) in [7, 11) is 1.62. The Bertz CT molecular complexity index is 1200. The van der Waals surface area contributed by atoms with Crippen molar-refractivity contribution in [2.24, 2.45) is 5.92 Å². The van der Waals surface area contributed by atoms with Crippen molar-refractivity contribution in [1.29, 1.82) is 0 Å². The summed E-state index contributed by atoms with van der Waals surface area (Å²) in [6, 6.07) is 7.24. The number of pyridine rings is 2. The van der Waals surface area contributed by atoms with E-state index in [-0.39, 0.29) is 11.5 Å². The van der Waals surface area contributed by atoms with E-state index >= 15 is 0 Å². The van der Waals surface area contributed by atoms with Gasteiger partial charge < -0.3 is 19.7 Å². The van der Waals surface area contributed by atoms with Gasteiger partial charge in [-0.25, -0.2) is 13.8 Å². The van der Waals surface area contributed by atoms with E-state index in [4.69, 9.17) is 9.47 Å². The lowest BCUT2D eigenvalue weighted by atomic mass is 9.99. The van der Waals surface area contributed by atoms with Crippen molar-refractivity contribution in [2.75, 3.05) is 46.4 Å². The molecule has 5 rings (SSSR count). The largest absolute Gasteiger partial charge is 0.491 e. The maximum atomic E-state index is 13.7. The normalized spacial score (nSPS) is 20.2. The van der Waals surface area contributed by atoms with Gasteiger partial charge in [0.2, 0.25) is 5.88 Å². The molecule has 1 N–H and O–H groups in total. The summed E-state index contributed by atoms with van der Waals surface area (Å²) in [4.78, 5) is 11.6. The lowest BCUT2D eigenvalue weighted by Crippen LogP contribution is -2.30. The fourth-order valence-electron chi connectivity index (χ4n) is 4.85. The third-order valence-corrected chi connectivity index (χ3v) is 6.55. The first-order chi connectivity index (χ1) is 16.6. The minimum atomic E-state index is -0.436. The Morgan fingerprint density at radius 1 is 1.26 bits per heavy atom. The highest BCUT2D eigenvalue weighted by molar-refractivity contribution is 5.81. The molecule has 0 aliphatic carbocycles. The molecule has 0 spiro atoms. The fraction of sp³-hybridized carbons (Fsp3) is 0.385. The minimum Gasteiger partial charge on any atom is -0.491 e. The van der Waals surface area contributed by atoms with Gasteiger partial charge in [-0.05, 0) is 49.7 Å². The van der Waals surface area contributed by atoms with Crippen LogP contribution in [0.1, 0.15) is 23.5 Å². The van der Waals surface area contributed by atoms with Gasteiger partial charge in [0.15, 0.2) is 0 Å². The zero-order valence-electron chi connectivity index (χ0n) is 19.1. The molecular formula is C26H28F2N4O2. The number of nitrogens with zero attached hydrogens (tertiary/aromatic N) is 3. The zero-order valence-corrected chi connectivity index (χ0v) is 19.1. The maximum absolute atomic E-state index is 13.7. The highest BCUT2D eigenvalue weighted by Gasteiger charge is 2.32. The molecule has 1 saturated heterocycles. The van der Waals surface area contributed by atoms with Crippen LogP contribution in [0.3, 0.4) is 0 Å². The number of halogens is 2. The van der Waals surface area contributed by atoms with Crippen molar-refractivity contribution in [3.63, 3.8) is 0 Å². The monoisotopic (exact) mass is 466 g/mol. The van der Waals surface area contributed by atoms with Gasteiger partial charge in [0.05, 0.1) is 25.4 Å². The highest BCUT2D eigenvalue weighted by Crippen LogP contribution is 2.39. The van der Waals surface area contributed by atoms with E-state index in [0.717, 1.165) is 67.1 Å². The highest BCUT2D eigenvalue weighted by atomic mass is 19.1. The molecule has 1 aromatic carbocycles. The first-order valence-corrected chi connectivity index (χ1v) is 11.6. The van der Waals surface area contributed by atoms with Crippen molar-refractivity contribution in [1.82, 2.24) is 20.2 Å². The molecule has 0 bridgehead atoms. The summed E-state index contributed by atoms with van der Waals surface area (Å²) >= 11 is 0. The van der Waals surface area contributed by atoms with E-state index < -0.39 is 11.6 Å². The molecule has 2 aliphatic heterocycles. The van der Waals surface area contributed by atoms with Crippen molar-refractivity contribution in [3.05, 3.63) is 65.4 Å². The third kappa shape index (κ3) is 4.88. The molecule has 0 unspecified atom stereocenters. The summed E-state index contributed by atoms with van der Waals surface area (Å²) < 4.78 is 38.2. The molecule has 2 atom stereocenters. The second-order valence-corrected chi connectivity index (χ2v) is 8.91.